The van der Waals surface area contributed by atoms with Crippen LogP contribution in [0, 0.1) is 0 Å². The third-order valence-electron chi connectivity index (χ3n) is 1.65. The fourth-order valence-corrected chi connectivity index (χ4v) is 0.920. The molecule has 6 heteroatoms. The highest BCUT2D eigenvalue weighted by atomic mass is 35.5. The zero-order chi connectivity index (χ0) is 8.10. The fourth-order valence-electron chi connectivity index (χ4n) is 0.920. The summed E-state index contributed by atoms with van der Waals surface area (Å²) in [5.41, 5.74) is 1.04. The van der Waals surface area contributed by atoms with Gasteiger partial charge in [-0.05, 0) is 7.05 Å². The number of hydrogen-bond acceptors (Lipinski definition) is 3. The molecule has 0 fully saturated rings. The maximum absolute atomic E-state index is 8.83. The van der Waals surface area contributed by atoms with Gasteiger partial charge in [0.25, 0.3) is 0 Å². The third kappa shape index (κ3) is 5.10. The molecule has 1 atom stereocenters. The Morgan fingerprint density at radius 1 is 1.62 bits per heavy atom. The lowest BCUT2D eigenvalue weighted by molar-refractivity contribution is 0.247. The van der Waals surface area contributed by atoms with E-state index in [0.29, 0.717) is 0 Å². The van der Waals surface area contributed by atoms with Crippen molar-refractivity contribution in [1.82, 2.24) is 15.3 Å². The Morgan fingerprint density at radius 3 is 2.69 bits per heavy atom. The van der Waals surface area contributed by atoms with Crippen LogP contribution in [0.5, 0.6) is 0 Å². The van der Waals surface area contributed by atoms with Crippen LogP contribution in [0.2, 0.25) is 0 Å². The van der Waals surface area contributed by atoms with E-state index in [9.17, 15) is 0 Å². The van der Waals surface area contributed by atoms with Gasteiger partial charge in [-0.2, -0.15) is 0 Å². The van der Waals surface area contributed by atoms with E-state index >= 15 is 0 Å². The number of aliphatic hydroxyl groups is 1. The number of rotatable bonds is 4. The molecule has 0 aliphatic rings. The molecule has 0 aliphatic heterocycles. The Bertz CT molecular complexity index is 190. The van der Waals surface area contributed by atoms with E-state index in [1.165, 1.54) is 0 Å². The second-order valence-electron chi connectivity index (χ2n) is 2.45. The van der Waals surface area contributed by atoms with Gasteiger partial charge in [0, 0.05) is 24.4 Å². The smallest absolute Gasteiger partial charge is 0.0921 e. The Balaban J connectivity index is 0. The highest BCUT2D eigenvalue weighted by Gasteiger charge is 2.05. The number of nitrogens with one attached hydrogen (secondary N) is 2. The number of hydrogen-bond donors (Lipinski definition) is 3. The van der Waals surface area contributed by atoms with Crippen molar-refractivity contribution in [3.05, 3.63) is 18.2 Å². The summed E-state index contributed by atoms with van der Waals surface area (Å²) in [7, 11) is 1.83. The first kappa shape index (κ1) is 15.2. The van der Waals surface area contributed by atoms with Crippen LogP contribution in [0.4, 0.5) is 0 Å². The van der Waals surface area contributed by atoms with Gasteiger partial charge in [0.1, 0.15) is 0 Å². The zero-order valence-corrected chi connectivity index (χ0v) is 8.99. The summed E-state index contributed by atoms with van der Waals surface area (Å²) in [4.78, 5) is 6.85. The first-order chi connectivity index (χ1) is 5.36. The summed E-state index contributed by atoms with van der Waals surface area (Å²) >= 11 is 0. The number of aromatic amines is 1. The number of aromatic nitrogens is 2. The van der Waals surface area contributed by atoms with Gasteiger partial charge in [-0.25, -0.2) is 4.98 Å². The van der Waals surface area contributed by atoms with Gasteiger partial charge in [-0.1, -0.05) is 0 Å². The molecule has 0 spiro atoms. The quantitative estimate of drug-likeness (QED) is 0.698. The van der Waals surface area contributed by atoms with E-state index in [-0.39, 0.29) is 37.5 Å². The van der Waals surface area contributed by atoms with E-state index in [0.717, 1.165) is 12.1 Å². The highest BCUT2D eigenvalue weighted by molar-refractivity contribution is 5.85. The second kappa shape index (κ2) is 8.31. The molecule has 13 heavy (non-hydrogen) atoms. The van der Waals surface area contributed by atoms with Gasteiger partial charge in [-0.15, -0.1) is 24.8 Å². The van der Waals surface area contributed by atoms with Crippen LogP contribution in [-0.2, 0) is 6.42 Å². The van der Waals surface area contributed by atoms with E-state index in [4.69, 9.17) is 5.11 Å². The Labute approximate surface area is 90.0 Å². The maximum atomic E-state index is 8.83. The van der Waals surface area contributed by atoms with Crippen molar-refractivity contribution in [3.8, 4) is 0 Å². The van der Waals surface area contributed by atoms with Gasteiger partial charge >= 0.3 is 0 Å². The Kier molecular flexibility index (Phi) is 9.72. The van der Waals surface area contributed by atoms with Crippen molar-refractivity contribution in [2.75, 3.05) is 13.7 Å². The minimum absolute atomic E-state index is 0. The number of nitrogens with zero attached hydrogens (tertiary/aromatic N) is 1. The van der Waals surface area contributed by atoms with Crippen LogP contribution in [-0.4, -0.2) is 34.8 Å². The maximum Gasteiger partial charge on any atom is 0.0921 e. The molecule has 0 radical (unpaired) electrons. The molecular formula is C7H15Cl2N3O. The van der Waals surface area contributed by atoms with Gasteiger partial charge in [0.05, 0.1) is 12.9 Å². The SMILES string of the molecule is CN[C@H](CO)Cc1cnc[nH]1.Cl.Cl. The highest BCUT2D eigenvalue weighted by Crippen LogP contribution is 1.96. The zero-order valence-electron chi connectivity index (χ0n) is 7.36. The molecule has 0 aliphatic carbocycles. The van der Waals surface area contributed by atoms with E-state index in [2.05, 4.69) is 15.3 Å². The number of likely N-dealkylation sites (N-methyl/N-ethyl adjacent to an activating group) is 1. The van der Waals surface area contributed by atoms with Crippen molar-refractivity contribution in [2.24, 2.45) is 0 Å². The predicted molar refractivity (Wildman–Crippen MR) is 56.7 cm³/mol. The van der Waals surface area contributed by atoms with Crippen molar-refractivity contribution in [3.63, 3.8) is 0 Å². The summed E-state index contributed by atoms with van der Waals surface area (Å²) < 4.78 is 0. The lowest BCUT2D eigenvalue weighted by Gasteiger charge is -2.10. The summed E-state index contributed by atoms with van der Waals surface area (Å²) in [6.07, 6.45) is 4.19. The first-order valence-corrected chi connectivity index (χ1v) is 3.62. The van der Waals surface area contributed by atoms with E-state index in [1.807, 2.05) is 7.05 Å². The minimum Gasteiger partial charge on any atom is -0.395 e. The molecule has 78 valence electrons. The summed E-state index contributed by atoms with van der Waals surface area (Å²) in [5, 5.41) is 11.8. The number of halogens is 2. The molecule has 0 aromatic carbocycles. The molecule has 3 N–H and O–H groups in total. The molecule has 1 aromatic rings. The number of aliphatic hydroxyl groups excluding tert-OH is 1. The van der Waals surface area contributed by atoms with Crippen molar-refractivity contribution in [1.29, 1.82) is 0 Å². The van der Waals surface area contributed by atoms with Gasteiger partial charge < -0.3 is 15.4 Å². The lowest BCUT2D eigenvalue weighted by Crippen LogP contribution is -2.31. The van der Waals surface area contributed by atoms with Crippen LogP contribution >= 0.6 is 24.8 Å². The minimum atomic E-state index is 0. The molecule has 0 unspecified atom stereocenters. The van der Waals surface area contributed by atoms with Gasteiger partial charge in [-0.3, -0.25) is 0 Å². The van der Waals surface area contributed by atoms with Crippen LogP contribution in [0.15, 0.2) is 12.5 Å². The molecule has 0 amide bonds. The van der Waals surface area contributed by atoms with Crippen molar-refractivity contribution < 1.29 is 5.11 Å². The fraction of sp³-hybridized carbons (Fsp3) is 0.571. The number of H-pyrrole nitrogens is 1. The Morgan fingerprint density at radius 2 is 2.31 bits per heavy atom. The molecular weight excluding hydrogens is 213 g/mol. The van der Waals surface area contributed by atoms with Crippen LogP contribution in [0.25, 0.3) is 0 Å². The number of imidazole rings is 1. The molecule has 4 nitrogen and oxygen atoms in total. The van der Waals surface area contributed by atoms with E-state index < -0.39 is 0 Å². The average Bonchev–Trinajstić information content (AvgIpc) is 2.52. The molecule has 1 heterocycles. The summed E-state index contributed by atoms with van der Waals surface area (Å²) in [6.45, 7) is 0.148. The summed E-state index contributed by atoms with van der Waals surface area (Å²) in [5.74, 6) is 0. The lowest BCUT2D eigenvalue weighted by atomic mass is 10.2. The van der Waals surface area contributed by atoms with Gasteiger partial charge in [0.2, 0.25) is 0 Å². The molecule has 1 rings (SSSR count). The van der Waals surface area contributed by atoms with Crippen molar-refractivity contribution in [2.45, 2.75) is 12.5 Å². The summed E-state index contributed by atoms with van der Waals surface area (Å²) in [6, 6.07) is 0.121. The predicted octanol–water partition coefficient (Wildman–Crippen LogP) is 0.376. The monoisotopic (exact) mass is 227 g/mol. The first-order valence-electron chi connectivity index (χ1n) is 3.62. The van der Waals surface area contributed by atoms with E-state index in [1.54, 1.807) is 12.5 Å². The topological polar surface area (TPSA) is 60.9 Å². The second-order valence-corrected chi connectivity index (χ2v) is 2.45. The average molecular weight is 228 g/mol. The van der Waals surface area contributed by atoms with Crippen LogP contribution < -0.4 is 5.32 Å². The third-order valence-corrected chi connectivity index (χ3v) is 1.65. The molecule has 0 saturated heterocycles. The molecule has 1 aromatic heterocycles. The molecule has 0 bridgehead atoms. The van der Waals surface area contributed by atoms with Crippen LogP contribution in [0.1, 0.15) is 5.69 Å². The Hall–Kier alpha value is -0.290. The van der Waals surface area contributed by atoms with Crippen molar-refractivity contribution >= 4 is 24.8 Å². The van der Waals surface area contributed by atoms with Crippen LogP contribution in [0.3, 0.4) is 0 Å². The standard InChI is InChI=1S/C7H13N3O.2ClH/c1-8-7(4-11)2-6-3-9-5-10-6;;/h3,5,7-8,11H,2,4H2,1H3,(H,9,10);2*1H/t7-;;/m0../s1. The normalized spacial score (nSPS) is 11.2. The molecule has 0 saturated carbocycles. The largest absolute Gasteiger partial charge is 0.395 e. The van der Waals surface area contributed by atoms with Gasteiger partial charge in [0.15, 0.2) is 0 Å².